The van der Waals surface area contributed by atoms with Crippen molar-refractivity contribution in [3.63, 3.8) is 0 Å². The summed E-state index contributed by atoms with van der Waals surface area (Å²) in [6.45, 7) is 5.17. The molecule has 0 spiro atoms. The van der Waals surface area contributed by atoms with E-state index in [2.05, 4.69) is 9.88 Å². The molecule has 2 aromatic rings. The van der Waals surface area contributed by atoms with Gasteiger partial charge in [-0.15, -0.1) is 0 Å². The summed E-state index contributed by atoms with van der Waals surface area (Å²) in [5.41, 5.74) is 1.68. The molecule has 120 valence electrons. The van der Waals surface area contributed by atoms with Gasteiger partial charge >= 0.3 is 0 Å². The van der Waals surface area contributed by atoms with Gasteiger partial charge in [-0.25, -0.2) is 4.98 Å². The summed E-state index contributed by atoms with van der Waals surface area (Å²) < 4.78 is 11.0. The highest BCUT2D eigenvalue weighted by molar-refractivity contribution is 5.72. The minimum absolute atomic E-state index is 0.382. The van der Waals surface area contributed by atoms with Crippen molar-refractivity contribution in [2.75, 3.05) is 46.4 Å². The largest absolute Gasteiger partial charge is 0.439 e. The Morgan fingerprint density at radius 3 is 2.86 bits per heavy atom. The summed E-state index contributed by atoms with van der Waals surface area (Å²) in [6, 6.07) is 7.74. The SMILES string of the molecule is CN(Cc1nc2ccccc2o1)CC(O)CN1CCOCC1. The van der Waals surface area contributed by atoms with Crippen LogP contribution in [0.25, 0.3) is 11.1 Å². The Kier molecular flexibility index (Phi) is 5.04. The maximum absolute atomic E-state index is 10.2. The molecule has 6 heteroatoms. The zero-order chi connectivity index (χ0) is 15.4. The third kappa shape index (κ3) is 4.04. The lowest BCUT2D eigenvalue weighted by atomic mass is 10.3. The van der Waals surface area contributed by atoms with E-state index in [0.29, 0.717) is 25.5 Å². The third-order valence-corrected chi connectivity index (χ3v) is 3.84. The molecule has 1 fully saturated rings. The highest BCUT2D eigenvalue weighted by atomic mass is 16.5. The van der Waals surface area contributed by atoms with E-state index in [1.165, 1.54) is 0 Å². The van der Waals surface area contributed by atoms with E-state index in [1.807, 2.05) is 36.2 Å². The average Bonchev–Trinajstić information content (AvgIpc) is 2.89. The third-order valence-electron chi connectivity index (χ3n) is 3.84. The van der Waals surface area contributed by atoms with Gasteiger partial charge in [0.2, 0.25) is 5.89 Å². The van der Waals surface area contributed by atoms with E-state index in [9.17, 15) is 5.11 Å². The fraction of sp³-hybridized carbons (Fsp3) is 0.562. The lowest BCUT2D eigenvalue weighted by Gasteiger charge is -2.29. The van der Waals surface area contributed by atoms with Gasteiger partial charge in [-0.3, -0.25) is 9.80 Å². The number of β-amino-alcohol motifs (C(OH)–C–C–N with tert-alkyl or cyclic N) is 1. The molecule has 3 rings (SSSR count). The van der Waals surface area contributed by atoms with Gasteiger partial charge < -0.3 is 14.3 Å². The average molecular weight is 305 g/mol. The Balaban J connectivity index is 1.49. The van der Waals surface area contributed by atoms with Crippen LogP contribution in [-0.4, -0.2) is 72.4 Å². The summed E-state index contributed by atoms with van der Waals surface area (Å²) in [6.07, 6.45) is -0.382. The summed E-state index contributed by atoms with van der Waals surface area (Å²) in [5, 5.41) is 10.2. The van der Waals surface area contributed by atoms with E-state index in [4.69, 9.17) is 9.15 Å². The number of oxazole rings is 1. The number of para-hydroxylation sites is 2. The molecule has 1 saturated heterocycles. The summed E-state index contributed by atoms with van der Waals surface area (Å²) in [4.78, 5) is 8.73. The van der Waals surface area contributed by atoms with Gasteiger partial charge in [-0.2, -0.15) is 0 Å². The van der Waals surface area contributed by atoms with Crippen molar-refractivity contribution in [3.05, 3.63) is 30.2 Å². The maximum Gasteiger partial charge on any atom is 0.209 e. The van der Waals surface area contributed by atoms with Crippen LogP contribution in [0.5, 0.6) is 0 Å². The van der Waals surface area contributed by atoms with Crippen LogP contribution in [0.15, 0.2) is 28.7 Å². The normalized spacial score (nSPS) is 18.1. The molecule has 0 aliphatic carbocycles. The number of aliphatic hydroxyl groups excluding tert-OH is 1. The Morgan fingerprint density at radius 1 is 1.32 bits per heavy atom. The molecule has 0 saturated carbocycles. The predicted octanol–water partition coefficient (Wildman–Crippen LogP) is 0.953. The van der Waals surface area contributed by atoms with Gasteiger partial charge in [0.15, 0.2) is 5.58 Å². The molecule has 1 aromatic carbocycles. The predicted molar refractivity (Wildman–Crippen MR) is 83.6 cm³/mol. The van der Waals surface area contributed by atoms with Crippen LogP contribution in [-0.2, 0) is 11.3 Å². The number of rotatable bonds is 6. The Labute approximate surface area is 130 Å². The number of hydrogen-bond donors (Lipinski definition) is 1. The second-order valence-electron chi connectivity index (χ2n) is 5.84. The van der Waals surface area contributed by atoms with Crippen molar-refractivity contribution >= 4 is 11.1 Å². The number of aliphatic hydroxyl groups is 1. The first kappa shape index (κ1) is 15.4. The second kappa shape index (κ2) is 7.19. The van der Waals surface area contributed by atoms with Gasteiger partial charge in [0.1, 0.15) is 5.52 Å². The zero-order valence-corrected chi connectivity index (χ0v) is 12.9. The molecule has 2 heterocycles. The van der Waals surface area contributed by atoms with Gasteiger partial charge in [0.25, 0.3) is 0 Å². The second-order valence-corrected chi connectivity index (χ2v) is 5.84. The van der Waals surface area contributed by atoms with Crippen LogP contribution in [0.2, 0.25) is 0 Å². The van der Waals surface area contributed by atoms with Crippen molar-refractivity contribution in [2.45, 2.75) is 12.6 Å². The lowest BCUT2D eigenvalue weighted by Crippen LogP contribution is -2.43. The molecule has 1 aromatic heterocycles. The molecule has 0 bridgehead atoms. The number of nitrogens with zero attached hydrogens (tertiary/aromatic N) is 3. The fourth-order valence-corrected chi connectivity index (χ4v) is 2.78. The smallest absolute Gasteiger partial charge is 0.209 e. The highest BCUT2D eigenvalue weighted by Gasteiger charge is 2.17. The van der Waals surface area contributed by atoms with Crippen molar-refractivity contribution in [2.24, 2.45) is 0 Å². The number of benzene rings is 1. The van der Waals surface area contributed by atoms with Gasteiger partial charge in [-0.05, 0) is 19.2 Å². The Hall–Kier alpha value is -1.47. The summed E-state index contributed by atoms with van der Waals surface area (Å²) in [5.74, 6) is 0.683. The van der Waals surface area contributed by atoms with E-state index in [-0.39, 0.29) is 6.10 Å². The number of morpholine rings is 1. The first-order valence-corrected chi connectivity index (χ1v) is 7.72. The summed E-state index contributed by atoms with van der Waals surface area (Å²) >= 11 is 0. The van der Waals surface area contributed by atoms with Gasteiger partial charge in [0, 0.05) is 26.2 Å². The Bertz CT molecular complexity index is 562. The standard InChI is InChI=1S/C16H23N3O3/c1-18(10-13(20)11-19-6-8-21-9-7-19)12-16-17-14-4-2-3-5-15(14)22-16/h2-5,13,20H,6-12H2,1H3. The lowest BCUT2D eigenvalue weighted by molar-refractivity contribution is 0.00786. The van der Waals surface area contributed by atoms with Crippen LogP contribution in [0, 0.1) is 0 Å². The first-order chi connectivity index (χ1) is 10.7. The Morgan fingerprint density at radius 2 is 2.09 bits per heavy atom. The van der Waals surface area contributed by atoms with Crippen LogP contribution in [0.1, 0.15) is 5.89 Å². The van der Waals surface area contributed by atoms with Crippen molar-refractivity contribution in [1.82, 2.24) is 14.8 Å². The zero-order valence-electron chi connectivity index (χ0n) is 12.9. The van der Waals surface area contributed by atoms with E-state index < -0.39 is 0 Å². The summed E-state index contributed by atoms with van der Waals surface area (Å²) in [7, 11) is 1.97. The van der Waals surface area contributed by atoms with Crippen LogP contribution in [0.3, 0.4) is 0 Å². The fourth-order valence-electron chi connectivity index (χ4n) is 2.78. The molecular formula is C16H23N3O3. The number of fused-ring (bicyclic) bond motifs is 1. The molecule has 1 aliphatic rings. The molecule has 22 heavy (non-hydrogen) atoms. The van der Waals surface area contributed by atoms with Crippen LogP contribution < -0.4 is 0 Å². The molecule has 0 amide bonds. The first-order valence-electron chi connectivity index (χ1n) is 7.72. The molecule has 0 radical (unpaired) electrons. The highest BCUT2D eigenvalue weighted by Crippen LogP contribution is 2.15. The van der Waals surface area contributed by atoms with E-state index >= 15 is 0 Å². The molecule has 1 unspecified atom stereocenters. The molecule has 1 N–H and O–H groups in total. The number of aromatic nitrogens is 1. The van der Waals surface area contributed by atoms with Crippen LogP contribution >= 0.6 is 0 Å². The molecular weight excluding hydrogens is 282 g/mol. The van der Waals surface area contributed by atoms with Crippen LogP contribution in [0.4, 0.5) is 0 Å². The topological polar surface area (TPSA) is 62.0 Å². The van der Waals surface area contributed by atoms with Crippen molar-refractivity contribution in [1.29, 1.82) is 0 Å². The van der Waals surface area contributed by atoms with E-state index in [1.54, 1.807) is 0 Å². The number of likely N-dealkylation sites (N-methyl/N-ethyl adjacent to an activating group) is 1. The molecule has 6 nitrogen and oxygen atoms in total. The monoisotopic (exact) mass is 305 g/mol. The number of ether oxygens (including phenoxy) is 1. The minimum atomic E-state index is -0.382. The number of hydrogen-bond acceptors (Lipinski definition) is 6. The van der Waals surface area contributed by atoms with Gasteiger partial charge in [-0.1, -0.05) is 12.1 Å². The van der Waals surface area contributed by atoms with Gasteiger partial charge in [0.05, 0.1) is 25.9 Å². The van der Waals surface area contributed by atoms with Crippen molar-refractivity contribution in [3.8, 4) is 0 Å². The molecule has 1 atom stereocenters. The minimum Gasteiger partial charge on any atom is -0.439 e. The van der Waals surface area contributed by atoms with E-state index in [0.717, 1.165) is 37.4 Å². The van der Waals surface area contributed by atoms with Crippen molar-refractivity contribution < 1.29 is 14.3 Å². The molecule has 1 aliphatic heterocycles. The maximum atomic E-state index is 10.2. The quantitative estimate of drug-likeness (QED) is 0.857.